The number of rotatable bonds is 6. The molecule has 0 saturated heterocycles. The van der Waals surface area contributed by atoms with E-state index in [0.29, 0.717) is 17.9 Å². The molecule has 0 aromatic rings. The van der Waals surface area contributed by atoms with Crippen molar-refractivity contribution < 1.29 is 33.3 Å². The fraction of sp³-hybridized carbons (Fsp3) is 0.824. The minimum absolute atomic E-state index is 0.166. The van der Waals surface area contributed by atoms with Crippen molar-refractivity contribution in [2.24, 2.45) is 0 Å². The van der Waals surface area contributed by atoms with Crippen molar-refractivity contribution in [1.82, 2.24) is 4.90 Å². The van der Waals surface area contributed by atoms with Gasteiger partial charge in [0.15, 0.2) is 0 Å². The molecule has 0 heterocycles. The molecule has 0 aliphatic rings. The van der Waals surface area contributed by atoms with E-state index in [1.54, 1.807) is 41.5 Å². The van der Waals surface area contributed by atoms with E-state index in [1.165, 1.54) is 14.2 Å². The van der Waals surface area contributed by atoms with E-state index in [1.807, 2.05) is 0 Å². The summed E-state index contributed by atoms with van der Waals surface area (Å²) >= 11 is 0. The minimum Gasteiger partial charge on any atom is -0.467 e. The van der Waals surface area contributed by atoms with Crippen LogP contribution in [0.25, 0.3) is 0 Å². The first kappa shape index (κ1) is 23.2. The summed E-state index contributed by atoms with van der Waals surface area (Å²) in [4.78, 5) is 37.9. The van der Waals surface area contributed by atoms with Crippen LogP contribution in [0.2, 0.25) is 0 Å². The van der Waals surface area contributed by atoms with Crippen molar-refractivity contribution in [3.05, 3.63) is 0 Å². The fourth-order valence-electron chi connectivity index (χ4n) is 1.86. The van der Waals surface area contributed by atoms with E-state index in [4.69, 9.17) is 18.9 Å². The third-order valence-electron chi connectivity index (χ3n) is 2.79. The molecule has 0 bridgehead atoms. The molecule has 0 aliphatic carbocycles. The van der Waals surface area contributed by atoms with E-state index in [-0.39, 0.29) is 6.42 Å². The first-order chi connectivity index (χ1) is 11.3. The van der Waals surface area contributed by atoms with Crippen LogP contribution < -0.4 is 0 Å². The predicted molar refractivity (Wildman–Crippen MR) is 91.2 cm³/mol. The van der Waals surface area contributed by atoms with E-state index >= 15 is 0 Å². The Hall–Kier alpha value is -1.83. The van der Waals surface area contributed by atoms with E-state index in [0.717, 1.165) is 0 Å². The number of nitrogens with zero attached hydrogens (tertiary/aromatic N) is 1. The molecule has 8 heteroatoms. The van der Waals surface area contributed by atoms with E-state index in [9.17, 15) is 14.4 Å². The lowest BCUT2D eigenvalue weighted by Crippen LogP contribution is -2.52. The molecular weight excluding hydrogens is 330 g/mol. The second-order valence-corrected chi connectivity index (χ2v) is 7.50. The first-order valence-corrected chi connectivity index (χ1v) is 8.14. The predicted octanol–water partition coefficient (Wildman–Crippen LogP) is 3.13. The van der Waals surface area contributed by atoms with Crippen molar-refractivity contribution in [2.75, 3.05) is 20.8 Å². The molecule has 0 aromatic heterocycles. The zero-order valence-electron chi connectivity index (χ0n) is 16.5. The summed E-state index contributed by atoms with van der Waals surface area (Å²) in [5, 5.41) is 0. The summed E-state index contributed by atoms with van der Waals surface area (Å²) in [6.07, 6.45) is -1.32. The summed E-state index contributed by atoms with van der Waals surface area (Å²) in [6.45, 7) is 10.3. The van der Waals surface area contributed by atoms with Gasteiger partial charge >= 0.3 is 18.2 Å². The molecule has 0 radical (unpaired) electrons. The monoisotopic (exact) mass is 361 g/mol. The second-order valence-electron chi connectivity index (χ2n) is 7.50. The van der Waals surface area contributed by atoms with Gasteiger partial charge in [0.25, 0.3) is 0 Å². The molecule has 0 aliphatic heterocycles. The maximum absolute atomic E-state index is 12.5. The SMILES string of the molecule is COCCC[C@@H](C(=O)OC)N(C(=O)OC(C)(C)C)C(=O)OC(C)(C)C. The Balaban J connectivity index is 5.64. The summed E-state index contributed by atoms with van der Waals surface area (Å²) in [7, 11) is 2.71. The number of carbonyl (C=O) groups is 3. The Morgan fingerprint density at radius 3 is 1.64 bits per heavy atom. The van der Waals surface area contributed by atoms with Crippen molar-refractivity contribution in [3.63, 3.8) is 0 Å². The molecule has 0 aromatic carbocycles. The van der Waals surface area contributed by atoms with Crippen molar-refractivity contribution in [1.29, 1.82) is 0 Å². The van der Waals surface area contributed by atoms with Crippen LogP contribution in [0.5, 0.6) is 0 Å². The molecule has 0 saturated carbocycles. The molecule has 8 nitrogen and oxygen atoms in total. The molecule has 0 unspecified atom stereocenters. The Morgan fingerprint density at radius 1 is 0.880 bits per heavy atom. The van der Waals surface area contributed by atoms with Gasteiger partial charge in [-0.3, -0.25) is 0 Å². The number of hydrogen-bond donors (Lipinski definition) is 0. The van der Waals surface area contributed by atoms with Gasteiger partial charge in [-0.05, 0) is 54.4 Å². The Morgan fingerprint density at radius 2 is 1.32 bits per heavy atom. The van der Waals surface area contributed by atoms with E-state index in [2.05, 4.69) is 0 Å². The standard InChI is InChI=1S/C17H31NO7/c1-16(2,3)24-14(20)18(15(21)25-17(4,5)6)12(13(19)23-8)10-9-11-22-7/h12H,9-11H2,1-8H3/t12-/m0/s1. The maximum atomic E-state index is 12.5. The van der Waals surface area contributed by atoms with Gasteiger partial charge in [0.05, 0.1) is 7.11 Å². The average Bonchev–Trinajstić information content (AvgIpc) is 2.41. The minimum atomic E-state index is -1.16. The van der Waals surface area contributed by atoms with Crippen LogP contribution in [0.1, 0.15) is 54.4 Å². The number of amides is 2. The topological polar surface area (TPSA) is 91.4 Å². The quantitative estimate of drug-likeness (QED) is 0.408. The van der Waals surface area contributed by atoms with Crippen LogP contribution >= 0.6 is 0 Å². The zero-order valence-corrected chi connectivity index (χ0v) is 16.5. The number of ether oxygens (including phenoxy) is 4. The Bertz CT molecular complexity index is 435. The molecule has 0 N–H and O–H groups in total. The highest BCUT2D eigenvalue weighted by Crippen LogP contribution is 2.19. The third kappa shape index (κ3) is 9.28. The second kappa shape index (κ2) is 9.60. The molecule has 0 rings (SSSR count). The molecule has 0 spiro atoms. The van der Waals surface area contributed by atoms with Crippen molar-refractivity contribution >= 4 is 18.2 Å². The highest BCUT2D eigenvalue weighted by Gasteiger charge is 2.40. The third-order valence-corrected chi connectivity index (χ3v) is 2.79. The Kier molecular flexibility index (Phi) is 8.90. The Labute approximate surface area is 149 Å². The van der Waals surface area contributed by atoms with Gasteiger partial charge in [-0.15, -0.1) is 0 Å². The molecular formula is C17H31NO7. The van der Waals surface area contributed by atoms with Crippen molar-refractivity contribution in [2.45, 2.75) is 71.6 Å². The van der Waals surface area contributed by atoms with Crippen LogP contribution in [0.15, 0.2) is 0 Å². The highest BCUT2D eigenvalue weighted by atomic mass is 16.6. The van der Waals surface area contributed by atoms with Crippen LogP contribution in [-0.2, 0) is 23.7 Å². The van der Waals surface area contributed by atoms with Crippen LogP contribution in [-0.4, -0.2) is 61.1 Å². The average molecular weight is 361 g/mol. The highest BCUT2D eigenvalue weighted by molar-refractivity contribution is 5.94. The van der Waals surface area contributed by atoms with Crippen LogP contribution in [0, 0.1) is 0 Å². The van der Waals surface area contributed by atoms with Gasteiger partial charge in [-0.1, -0.05) is 0 Å². The van der Waals surface area contributed by atoms with Crippen molar-refractivity contribution in [3.8, 4) is 0 Å². The summed E-state index contributed by atoms with van der Waals surface area (Å²) < 4.78 is 20.2. The van der Waals surface area contributed by atoms with Gasteiger partial charge in [0, 0.05) is 13.7 Å². The lowest BCUT2D eigenvalue weighted by molar-refractivity contribution is -0.147. The summed E-state index contributed by atoms with van der Waals surface area (Å²) in [6, 6.07) is -1.16. The molecule has 25 heavy (non-hydrogen) atoms. The first-order valence-electron chi connectivity index (χ1n) is 8.14. The van der Waals surface area contributed by atoms with Crippen LogP contribution in [0.3, 0.4) is 0 Å². The lowest BCUT2D eigenvalue weighted by atomic mass is 10.1. The number of esters is 1. The van der Waals surface area contributed by atoms with Gasteiger partial charge < -0.3 is 18.9 Å². The van der Waals surface area contributed by atoms with Gasteiger partial charge in [-0.2, -0.15) is 4.90 Å². The van der Waals surface area contributed by atoms with Crippen LogP contribution in [0.4, 0.5) is 9.59 Å². The smallest absolute Gasteiger partial charge is 0.420 e. The normalized spacial score (nSPS) is 13.0. The molecule has 2 amide bonds. The largest absolute Gasteiger partial charge is 0.467 e. The fourth-order valence-corrected chi connectivity index (χ4v) is 1.86. The summed E-state index contributed by atoms with van der Waals surface area (Å²) in [5.41, 5.74) is -1.69. The van der Waals surface area contributed by atoms with Gasteiger partial charge in [0.2, 0.25) is 0 Å². The van der Waals surface area contributed by atoms with E-state index < -0.39 is 35.4 Å². The summed E-state index contributed by atoms with van der Waals surface area (Å²) in [5.74, 6) is -0.729. The van der Waals surface area contributed by atoms with Gasteiger partial charge in [-0.25, -0.2) is 14.4 Å². The number of imide groups is 1. The number of hydrogen-bond acceptors (Lipinski definition) is 7. The molecule has 0 fully saturated rings. The number of carbonyl (C=O) groups excluding carboxylic acids is 3. The molecule has 146 valence electrons. The lowest BCUT2D eigenvalue weighted by Gasteiger charge is -2.32. The van der Waals surface area contributed by atoms with Gasteiger partial charge in [0.1, 0.15) is 17.2 Å². The number of methoxy groups -OCH3 is 2. The maximum Gasteiger partial charge on any atom is 0.420 e. The molecule has 1 atom stereocenters. The zero-order chi connectivity index (χ0) is 19.8.